The Bertz CT molecular complexity index is 178. The van der Waals surface area contributed by atoms with Gasteiger partial charge in [0.05, 0.1) is 12.2 Å². The SMILES string of the molecule is CC(C)OP(=O)(OC(C)C)C(C)Br. The topological polar surface area (TPSA) is 35.5 Å². The number of rotatable bonds is 5. The van der Waals surface area contributed by atoms with Crippen molar-refractivity contribution in [3.63, 3.8) is 0 Å². The molecule has 0 aromatic rings. The Balaban J connectivity index is 4.45. The number of hydrogen-bond acceptors (Lipinski definition) is 3. The number of halogens is 1. The lowest BCUT2D eigenvalue weighted by Gasteiger charge is -2.24. The maximum Gasteiger partial charge on any atom is 0.344 e. The van der Waals surface area contributed by atoms with E-state index in [2.05, 4.69) is 15.9 Å². The fraction of sp³-hybridized carbons (Fsp3) is 1.00. The molecular weight excluding hydrogens is 255 g/mol. The third-order valence-electron chi connectivity index (χ3n) is 1.15. The van der Waals surface area contributed by atoms with Crippen molar-refractivity contribution in [2.45, 2.75) is 51.4 Å². The average molecular weight is 273 g/mol. The minimum Gasteiger partial charge on any atom is -0.305 e. The monoisotopic (exact) mass is 272 g/mol. The van der Waals surface area contributed by atoms with Crippen molar-refractivity contribution in [2.75, 3.05) is 0 Å². The molecule has 0 fully saturated rings. The summed E-state index contributed by atoms with van der Waals surface area (Å²) in [6.45, 7) is 9.13. The van der Waals surface area contributed by atoms with E-state index in [-0.39, 0.29) is 16.8 Å². The first-order valence-electron chi connectivity index (χ1n) is 4.38. The van der Waals surface area contributed by atoms with Gasteiger partial charge in [-0.1, -0.05) is 15.9 Å². The van der Waals surface area contributed by atoms with Crippen molar-refractivity contribution in [2.24, 2.45) is 0 Å². The largest absolute Gasteiger partial charge is 0.344 e. The molecule has 5 heteroatoms. The van der Waals surface area contributed by atoms with Crippen molar-refractivity contribution in [1.29, 1.82) is 0 Å². The van der Waals surface area contributed by atoms with Gasteiger partial charge in [0.15, 0.2) is 0 Å². The average Bonchev–Trinajstić information content (AvgIpc) is 1.82. The molecule has 0 heterocycles. The van der Waals surface area contributed by atoms with Gasteiger partial charge in [-0.25, -0.2) is 0 Å². The fourth-order valence-electron chi connectivity index (χ4n) is 0.780. The molecule has 0 aliphatic carbocycles. The smallest absolute Gasteiger partial charge is 0.305 e. The molecule has 0 aliphatic heterocycles. The van der Waals surface area contributed by atoms with Crippen LogP contribution in [0.25, 0.3) is 0 Å². The van der Waals surface area contributed by atoms with E-state index in [1.165, 1.54) is 0 Å². The Labute approximate surface area is 88.9 Å². The summed E-state index contributed by atoms with van der Waals surface area (Å²) in [4.78, 5) is 0. The molecule has 1 unspecified atom stereocenters. The second-order valence-electron chi connectivity index (χ2n) is 3.42. The molecule has 80 valence electrons. The summed E-state index contributed by atoms with van der Waals surface area (Å²) in [5.74, 6) is 0. The van der Waals surface area contributed by atoms with Gasteiger partial charge in [-0.2, -0.15) is 0 Å². The quantitative estimate of drug-likeness (QED) is 0.565. The van der Waals surface area contributed by atoms with Crippen LogP contribution in [0.2, 0.25) is 0 Å². The Kier molecular flexibility index (Phi) is 5.76. The van der Waals surface area contributed by atoms with Gasteiger partial charge < -0.3 is 9.05 Å². The highest BCUT2D eigenvalue weighted by Gasteiger charge is 2.32. The fourth-order valence-corrected chi connectivity index (χ4v) is 2.92. The normalized spacial score (nSPS) is 15.4. The van der Waals surface area contributed by atoms with Crippen LogP contribution < -0.4 is 0 Å². The van der Waals surface area contributed by atoms with Crippen LogP contribution in [0.3, 0.4) is 0 Å². The summed E-state index contributed by atoms with van der Waals surface area (Å²) in [7, 11) is -2.99. The van der Waals surface area contributed by atoms with Crippen molar-refractivity contribution in [1.82, 2.24) is 0 Å². The summed E-state index contributed by atoms with van der Waals surface area (Å²) in [6, 6.07) is 0. The molecule has 0 rings (SSSR count). The second kappa shape index (κ2) is 5.50. The molecule has 0 aliphatic rings. The van der Waals surface area contributed by atoms with E-state index >= 15 is 0 Å². The first kappa shape index (κ1) is 13.6. The Morgan fingerprint density at radius 3 is 1.46 bits per heavy atom. The lowest BCUT2D eigenvalue weighted by Crippen LogP contribution is -2.12. The van der Waals surface area contributed by atoms with E-state index in [0.29, 0.717) is 0 Å². The predicted molar refractivity (Wildman–Crippen MR) is 58.4 cm³/mol. The van der Waals surface area contributed by atoms with Gasteiger partial charge in [0, 0.05) is 0 Å². The maximum absolute atomic E-state index is 12.0. The van der Waals surface area contributed by atoms with Gasteiger partial charge in [-0.05, 0) is 34.6 Å². The third kappa shape index (κ3) is 5.16. The van der Waals surface area contributed by atoms with Gasteiger partial charge in [0.2, 0.25) is 0 Å². The summed E-state index contributed by atoms with van der Waals surface area (Å²) < 4.78 is 22.4. The Morgan fingerprint density at radius 1 is 1.00 bits per heavy atom. The van der Waals surface area contributed by atoms with E-state index in [1.54, 1.807) is 6.92 Å². The molecule has 13 heavy (non-hydrogen) atoms. The van der Waals surface area contributed by atoms with Crippen LogP contribution in [0.5, 0.6) is 0 Å². The molecule has 0 radical (unpaired) electrons. The highest BCUT2D eigenvalue weighted by atomic mass is 79.9. The van der Waals surface area contributed by atoms with E-state index in [9.17, 15) is 4.57 Å². The zero-order valence-corrected chi connectivity index (χ0v) is 11.3. The Hall–Kier alpha value is 0.630. The van der Waals surface area contributed by atoms with Gasteiger partial charge in [-0.15, -0.1) is 0 Å². The maximum atomic E-state index is 12.0. The highest BCUT2D eigenvalue weighted by Crippen LogP contribution is 2.57. The molecule has 0 aromatic heterocycles. The number of alkyl halides is 1. The van der Waals surface area contributed by atoms with Gasteiger partial charge in [0.25, 0.3) is 0 Å². The molecule has 0 saturated carbocycles. The predicted octanol–water partition coefficient (Wildman–Crippen LogP) is 3.77. The Morgan fingerprint density at radius 2 is 1.31 bits per heavy atom. The number of hydrogen-bond donors (Lipinski definition) is 0. The summed E-state index contributed by atoms with van der Waals surface area (Å²) >= 11 is 3.24. The first-order chi connectivity index (χ1) is 5.78. The van der Waals surface area contributed by atoms with Gasteiger partial charge >= 0.3 is 7.60 Å². The van der Waals surface area contributed by atoms with Gasteiger partial charge in [0.1, 0.15) is 4.57 Å². The standard InChI is InChI=1S/C8H18BrO3P/c1-6(2)11-13(10,8(5)9)12-7(3)4/h6-8H,1-5H3. The summed E-state index contributed by atoms with van der Waals surface area (Å²) in [5, 5.41) is 0. The second-order valence-corrected chi connectivity index (χ2v) is 7.78. The van der Waals surface area contributed by atoms with Crippen LogP contribution in [0.15, 0.2) is 0 Å². The van der Waals surface area contributed by atoms with Crippen molar-refractivity contribution < 1.29 is 13.6 Å². The molecule has 0 N–H and O–H groups in total. The van der Waals surface area contributed by atoms with Crippen LogP contribution in [0.4, 0.5) is 0 Å². The lowest BCUT2D eigenvalue weighted by molar-refractivity contribution is 0.142. The summed E-state index contributed by atoms with van der Waals surface area (Å²) in [6.07, 6.45) is -0.186. The molecule has 3 nitrogen and oxygen atoms in total. The van der Waals surface area contributed by atoms with Crippen LogP contribution in [0.1, 0.15) is 34.6 Å². The van der Waals surface area contributed by atoms with E-state index in [4.69, 9.17) is 9.05 Å². The van der Waals surface area contributed by atoms with Crippen LogP contribution in [-0.2, 0) is 13.6 Å². The summed E-state index contributed by atoms with van der Waals surface area (Å²) in [5.41, 5.74) is 0. The van der Waals surface area contributed by atoms with E-state index < -0.39 is 7.60 Å². The zero-order chi connectivity index (χ0) is 10.6. The highest BCUT2D eigenvalue weighted by molar-refractivity contribution is 9.10. The molecule has 0 amide bonds. The van der Waals surface area contributed by atoms with Gasteiger partial charge in [-0.3, -0.25) is 4.57 Å². The van der Waals surface area contributed by atoms with Crippen LogP contribution in [-0.4, -0.2) is 16.8 Å². The van der Waals surface area contributed by atoms with Crippen LogP contribution >= 0.6 is 23.5 Å². The molecule has 0 saturated heterocycles. The van der Waals surface area contributed by atoms with Crippen molar-refractivity contribution in [3.05, 3.63) is 0 Å². The van der Waals surface area contributed by atoms with Crippen LogP contribution in [0, 0.1) is 0 Å². The minimum absolute atomic E-state index is 0.0930. The lowest BCUT2D eigenvalue weighted by atomic mass is 10.5. The molecule has 0 aromatic carbocycles. The molecule has 1 atom stereocenters. The molecule has 0 spiro atoms. The third-order valence-corrected chi connectivity index (χ3v) is 4.96. The molecule has 0 bridgehead atoms. The van der Waals surface area contributed by atoms with Crippen molar-refractivity contribution >= 4 is 23.5 Å². The first-order valence-corrected chi connectivity index (χ1v) is 6.91. The van der Waals surface area contributed by atoms with E-state index in [0.717, 1.165) is 0 Å². The van der Waals surface area contributed by atoms with Crippen molar-refractivity contribution in [3.8, 4) is 0 Å². The van der Waals surface area contributed by atoms with E-state index in [1.807, 2.05) is 27.7 Å². The molecular formula is C8H18BrO3P. The minimum atomic E-state index is -2.99. The zero-order valence-electron chi connectivity index (χ0n) is 8.78.